The Balaban J connectivity index is 5.25. The van der Waals surface area contributed by atoms with Crippen LogP contribution in [0.25, 0.3) is 0 Å². The Hall–Kier alpha value is -2.25. The molecule has 19 heavy (non-hydrogen) atoms. The fraction of sp³-hybridized carbons (Fsp3) is 0.545. The van der Waals surface area contributed by atoms with Crippen molar-refractivity contribution in [2.45, 2.75) is 13.8 Å². The highest BCUT2D eigenvalue weighted by molar-refractivity contribution is 6.18. The first-order valence-corrected chi connectivity index (χ1v) is 5.70. The minimum atomic E-state index is -0.824. The van der Waals surface area contributed by atoms with Gasteiger partial charge in [0.25, 0.3) is 5.95 Å². The maximum absolute atomic E-state index is 11.7. The van der Waals surface area contributed by atoms with Crippen LogP contribution < -0.4 is 5.73 Å². The second-order valence-corrected chi connectivity index (χ2v) is 3.51. The standard InChI is InChI=1S/C11H20N4O4/c1-5-18-10(16)8(11(17)19-6-2)9(12)14-13-7-15(3)4/h7,16H,5-6H2,1-4H3,(H2,12,14)/b10-8-,13-7?. The highest BCUT2D eigenvalue weighted by Gasteiger charge is 2.22. The zero-order valence-corrected chi connectivity index (χ0v) is 11.6. The number of nitrogens with zero attached hydrogens (tertiary/aromatic N) is 3. The average Bonchev–Trinajstić information content (AvgIpc) is 2.29. The summed E-state index contributed by atoms with van der Waals surface area (Å²) in [6, 6.07) is 0. The first-order chi connectivity index (χ1) is 8.93. The molecule has 0 amide bonds. The summed E-state index contributed by atoms with van der Waals surface area (Å²) in [5.74, 6) is -1.75. The first-order valence-electron chi connectivity index (χ1n) is 5.70. The van der Waals surface area contributed by atoms with Gasteiger partial charge < -0.3 is 25.2 Å². The Morgan fingerprint density at radius 2 is 1.89 bits per heavy atom. The molecular formula is C11H20N4O4. The van der Waals surface area contributed by atoms with E-state index in [4.69, 9.17) is 15.2 Å². The smallest absolute Gasteiger partial charge is 0.349 e. The third kappa shape index (κ3) is 6.29. The van der Waals surface area contributed by atoms with Gasteiger partial charge in [0.1, 0.15) is 6.34 Å². The van der Waals surface area contributed by atoms with Crippen molar-refractivity contribution in [1.82, 2.24) is 4.90 Å². The largest absolute Gasteiger partial charge is 0.480 e. The zero-order valence-electron chi connectivity index (χ0n) is 11.6. The molecule has 0 rings (SSSR count). The zero-order chi connectivity index (χ0) is 14.8. The number of carbonyl (C=O) groups is 1. The summed E-state index contributed by atoms with van der Waals surface area (Å²) >= 11 is 0. The maximum atomic E-state index is 11.7. The van der Waals surface area contributed by atoms with E-state index in [9.17, 15) is 9.90 Å². The van der Waals surface area contributed by atoms with Gasteiger partial charge in [-0.1, -0.05) is 0 Å². The molecule has 0 heterocycles. The number of nitrogens with two attached hydrogens (primary N) is 1. The molecule has 0 aromatic heterocycles. The highest BCUT2D eigenvalue weighted by Crippen LogP contribution is 2.07. The average molecular weight is 272 g/mol. The van der Waals surface area contributed by atoms with Gasteiger partial charge in [0.2, 0.25) is 0 Å². The van der Waals surface area contributed by atoms with Crippen LogP contribution in [-0.2, 0) is 14.3 Å². The Morgan fingerprint density at radius 1 is 1.32 bits per heavy atom. The normalized spacial score (nSPS) is 13.2. The topological polar surface area (TPSA) is 110 Å². The second-order valence-electron chi connectivity index (χ2n) is 3.51. The Kier molecular flexibility index (Phi) is 7.74. The molecule has 0 saturated heterocycles. The lowest BCUT2D eigenvalue weighted by molar-refractivity contribution is -0.138. The number of aliphatic hydroxyl groups is 1. The van der Waals surface area contributed by atoms with Gasteiger partial charge in [0.15, 0.2) is 11.4 Å². The summed E-state index contributed by atoms with van der Waals surface area (Å²) in [7, 11) is 3.49. The van der Waals surface area contributed by atoms with Crippen molar-refractivity contribution in [2.24, 2.45) is 15.9 Å². The van der Waals surface area contributed by atoms with E-state index in [1.165, 1.54) is 6.34 Å². The summed E-state index contributed by atoms with van der Waals surface area (Å²) in [6.07, 6.45) is 1.38. The molecule has 8 heteroatoms. The van der Waals surface area contributed by atoms with Crippen LogP contribution in [0.3, 0.4) is 0 Å². The van der Waals surface area contributed by atoms with Crippen LogP contribution in [0.2, 0.25) is 0 Å². The fourth-order valence-electron chi connectivity index (χ4n) is 0.955. The molecule has 0 bridgehead atoms. The fourth-order valence-corrected chi connectivity index (χ4v) is 0.955. The van der Waals surface area contributed by atoms with Gasteiger partial charge in [-0.05, 0) is 13.8 Å². The molecule has 0 aromatic carbocycles. The molecule has 0 unspecified atom stereocenters. The molecule has 0 atom stereocenters. The van der Waals surface area contributed by atoms with Crippen molar-refractivity contribution in [2.75, 3.05) is 27.3 Å². The van der Waals surface area contributed by atoms with Gasteiger partial charge in [-0.2, -0.15) is 0 Å². The van der Waals surface area contributed by atoms with E-state index in [1.54, 1.807) is 32.8 Å². The SMILES string of the molecule is CCOC(=O)C(/C(N)=N/N=CN(C)C)=C(/O)OCC. The molecule has 108 valence electrons. The number of esters is 1. The number of hydrogen-bond acceptors (Lipinski definition) is 6. The second kappa shape index (κ2) is 8.78. The van der Waals surface area contributed by atoms with E-state index < -0.39 is 11.9 Å². The van der Waals surface area contributed by atoms with Gasteiger partial charge in [-0.3, -0.25) is 0 Å². The number of amidine groups is 1. The van der Waals surface area contributed by atoms with Crippen molar-refractivity contribution in [3.05, 3.63) is 11.5 Å². The van der Waals surface area contributed by atoms with Crippen molar-refractivity contribution >= 4 is 18.1 Å². The minimum absolute atomic E-state index is 0.135. The third-order valence-corrected chi connectivity index (χ3v) is 1.68. The molecule has 0 radical (unpaired) electrons. The third-order valence-electron chi connectivity index (χ3n) is 1.68. The molecule has 0 aromatic rings. The lowest BCUT2D eigenvalue weighted by Gasteiger charge is -2.08. The Bertz CT molecular complexity index is 388. The number of carbonyl (C=O) groups excluding carboxylic acids is 1. The van der Waals surface area contributed by atoms with Crippen LogP contribution in [0.1, 0.15) is 13.8 Å². The van der Waals surface area contributed by atoms with Gasteiger partial charge >= 0.3 is 5.97 Å². The quantitative estimate of drug-likeness (QED) is 0.171. The molecule has 3 N–H and O–H groups in total. The van der Waals surface area contributed by atoms with Gasteiger partial charge in [-0.25, -0.2) is 4.79 Å². The Morgan fingerprint density at radius 3 is 2.37 bits per heavy atom. The molecule has 0 aliphatic carbocycles. The molecule has 0 aliphatic rings. The van der Waals surface area contributed by atoms with E-state index in [-0.39, 0.29) is 24.6 Å². The van der Waals surface area contributed by atoms with Gasteiger partial charge in [0.05, 0.1) is 13.2 Å². The molecule has 8 nitrogen and oxygen atoms in total. The van der Waals surface area contributed by atoms with E-state index in [1.807, 2.05) is 0 Å². The summed E-state index contributed by atoms with van der Waals surface area (Å²) in [6.45, 7) is 3.58. The van der Waals surface area contributed by atoms with Gasteiger partial charge in [-0.15, -0.1) is 10.2 Å². The number of rotatable bonds is 7. The predicted octanol–water partition coefficient (Wildman–Crippen LogP) is 0.218. The minimum Gasteiger partial charge on any atom is -0.480 e. The van der Waals surface area contributed by atoms with E-state index in [2.05, 4.69) is 10.2 Å². The van der Waals surface area contributed by atoms with Crippen molar-refractivity contribution in [3.63, 3.8) is 0 Å². The molecule has 0 fully saturated rings. The lowest BCUT2D eigenvalue weighted by Crippen LogP contribution is -2.25. The van der Waals surface area contributed by atoms with E-state index in [0.717, 1.165) is 0 Å². The number of ether oxygens (including phenoxy) is 2. The van der Waals surface area contributed by atoms with Crippen LogP contribution in [0, 0.1) is 0 Å². The maximum Gasteiger partial charge on any atom is 0.349 e. The van der Waals surface area contributed by atoms with E-state index in [0.29, 0.717) is 0 Å². The summed E-state index contributed by atoms with van der Waals surface area (Å²) < 4.78 is 9.59. The van der Waals surface area contributed by atoms with Crippen LogP contribution in [0.5, 0.6) is 0 Å². The van der Waals surface area contributed by atoms with Crippen molar-refractivity contribution in [1.29, 1.82) is 0 Å². The summed E-state index contributed by atoms with van der Waals surface area (Å²) in [5.41, 5.74) is 5.24. The lowest BCUT2D eigenvalue weighted by atomic mass is 10.2. The Labute approximate surface area is 112 Å². The van der Waals surface area contributed by atoms with Crippen LogP contribution in [0.15, 0.2) is 21.7 Å². The summed E-state index contributed by atoms with van der Waals surface area (Å²) in [5, 5.41) is 16.8. The molecular weight excluding hydrogens is 252 g/mol. The monoisotopic (exact) mass is 272 g/mol. The summed E-state index contributed by atoms with van der Waals surface area (Å²) in [4.78, 5) is 13.3. The highest BCUT2D eigenvalue weighted by atomic mass is 16.6. The number of aliphatic hydroxyl groups excluding tert-OH is 1. The van der Waals surface area contributed by atoms with Gasteiger partial charge in [0, 0.05) is 14.1 Å². The predicted molar refractivity (Wildman–Crippen MR) is 71.7 cm³/mol. The van der Waals surface area contributed by atoms with Crippen molar-refractivity contribution in [3.8, 4) is 0 Å². The number of hydrogen-bond donors (Lipinski definition) is 2. The van der Waals surface area contributed by atoms with Crippen LogP contribution >= 0.6 is 0 Å². The van der Waals surface area contributed by atoms with Crippen LogP contribution in [0.4, 0.5) is 0 Å². The van der Waals surface area contributed by atoms with Crippen molar-refractivity contribution < 1.29 is 19.4 Å². The molecule has 0 aliphatic heterocycles. The first kappa shape index (κ1) is 16.8. The molecule has 0 spiro atoms. The molecule has 0 saturated carbocycles. The van der Waals surface area contributed by atoms with E-state index >= 15 is 0 Å². The van der Waals surface area contributed by atoms with Crippen LogP contribution in [-0.4, -0.2) is 55.5 Å².